The number of benzene rings is 2. The average Bonchev–Trinajstić information content (AvgIpc) is 2.93. The molecule has 2 aliphatic heterocycles. The van der Waals surface area contributed by atoms with E-state index < -0.39 is 11.7 Å². The first-order chi connectivity index (χ1) is 11.9. The Morgan fingerprint density at radius 2 is 1.64 bits per heavy atom. The van der Waals surface area contributed by atoms with E-state index in [1.54, 1.807) is 5.53 Å². The predicted octanol–water partition coefficient (Wildman–Crippen LogP) is 3.57. The molecule has 0 aliphatic carbocycles. The minimum absolute atomic E-state index is 0.0111. The van der Waals surface area contributed by atoms with Crippen molar-refractivity contribution in [2.45, 2.75) is 13.1 Å². The van der Waals surface area contributed by atoms with Gasteiger partial charge in [0.05, 0.1) is 5.56 Å². The third-order valence-corrected chi connectivity index (χ3v) is 4.33. The van der Waals surface area contributed by atoms with E-state index in [2.05, 4.69) is 0 Å². The highest BCUT2D eigenvalue weighted by Crippen LogP contribution is 2.37. The summed E-state index contributed by atoms with van der Waals surface area (Å²) in [6.07, 6.45) is -2.41. The van der Waals surface area contributed by atoms with Crippen LogP contribution in [0.4, 0.5) is 24.5 Å². The summed E-state index contributed by atoms with van der Waals surface area (Å²) in [6, 6.07) is 12.4. The minimum Gasteiger partial charge on any atom is -0.490 e. The molecule has 0 atom stereocenters. The van der Waals surface area contributed by atoms with Gasteiger partial charge in [-0.3, -0.25) is 0 Å². The van der Waals surface area contributed by atoms with Gasteiger partial charge in [-0.2, -0.15) is 18.2 Å². The van der Waals surface area contributed by atoms with E-state index in [1.807, 2.05) is 42.3 Å². The molecule has 0 unspecified atom stereocenters. The Balaban J connectivity index is 1.73. The van der Waals surface area contributed by atoms with Crippen molar-refractivity contribution in [3.05, 3.63) is 76.8 Å². The van der Waals surface area contributed by atoms with Crippen molar-refractivity contribution < 1.29 is 23.8 Å². The lowest BCUT2D eigenvalue weighted by Gasteiger charge is -2.24. The average molecular weight is 346 g/mol. The van der Waals surface area contributed by atoms with Crippen LogP contribution in [-0.2, 0) is 6.18 Å². The number of hydrogen-bond acceptors (Lipinski definition) is 3. The lowest BCUT2D eigenvalue weighted by molar-refractivity contribution is -0.661. The second-order valence-corrected chi connectivity index (χ2v) is 5.96. The lowest BCUT2D eigenvalue weighted by atomic mass is 10.0. The number of alkyl halides is 3. The van der Waals surface area contributed by atoms with E-state index in [0.717, 1.165) is 29.0 Å². The minimum atomic E-state index is -4.39. The monoisotopic (exact) mass is 346 g/mol. The summed E-state index contributed by atoms with van der Waals surface area (Å²) in [5.41, 5.74) is 4.84. The Bertz CT molecular complexity index is 901. The molecule has 2 heterocycles. The largest absolute Gasteiger partial charge is 0.490 e. The van der Waals surface area contributed by atoms with Crippen LogP contribution in [0.2, 0.25) is 0 Å². The van der Waals surface area contributed by atoms with Crippen molar-refractivity contribution in [2.24, 2.45) is 0 Å². The molecule has 0 saturated carbocycles. The zero-order chi connectivity index (χ0) is 17.8. The zero-order valence-corrected chi connectivity index (χ0v) is 13.2. The van der Waals surface area contributed by atoms with Crippen molar-refractivity contribution in [3.63, 3.8) is 0 Å². The van der Waals surface area contributed by atoms with Crippen LogP contribution >= 0.6 is 0 Å². The molecule has 4 nitrogen and oxygen atoms in total. The fraction of sp³-hybridized carbons (Fsp3) is 0.111. The Hall–Kier alpha value is -2.93. The number of halogens is 3. The van der Waals surface area contributed by atoms with E-state index in [0.29, 0.717) is 11.4 Å². The van der Waals surface area contributed by atoms with Crippen LogP contribution in [0.1, 0.15) is 18.1 Å². The molecule has 2 aliphatic rings. The second-order valence-electron chi connectivity index (χ2n) is 5.96. The summed E-state index contributed by atoms with van der Waals surface area (Å²) < 4.78 is 38.2. The Labute approximate surface area is 142 Å². The summed E-state index contributed by atoms with van der Waals surface area (Å²) in [5.74, 6) is -0.0111. The number of nitrogens with zero attached hydrogens (tertiary/aromatic N) is 2. The maximum Gasteiger partial charge on any atom is 0.416 e. The summed E-state index contributed by atoms with van der Waals surface area (Å²) in [4.78, 5) is 0. The highest BCUT2D eigenvalue weighted by molar-refractivity contribution is 5.79. The van der Waals surface area contributed by atoms with E-state index in [4.69, 9.17) is 0 Å². The van der Waals surface area contributed by atoms with E-state index in [1.165, 1.54) is 17.1 Å². The molecule has 2 aromatic rings. The molecule has 7 heteroatoms. The number of hydrogen-bond donors (Lipinski definition) is 2. The summed E-state index contributed by atoms with van der Waals surface area (Å²) in [6.45, 7) is 1.89. The molecule has 0 spiro atoms. The number of para-hydroxylation sites is 1. The fourth-order valence-corrected chi connectivity index (χ4v) is 3.13. The maximum absolute atomic E-state index is 12.7. The molecule has 128 valence electrons. The van der Waals surface area contributed by atoms with Gasteiger partial charge in [0.25, 0.3) is 5.88 Å². The van der Waals surface area contributed by atoms with Crippen LogP contribution in [-0.4, -0.2) is 5.11 Å². The standard InChI is InChI=1S/C18H14F3N3O/c1-11-10-12-4-2-3-5-15(12)24-16(11)17(25)23(22-24)14-8-6-13(7-9-14)18(19,20)21/h2-10,22,25H,1H3/p+1. The smallest absolute Gasteiger partial charge is 0.416 e. The molecule has 3 N–H and O–H groups in total. The molecular formula is C18H15F3N3O+. The van der Waals surface area contributed by atoms with Gasteiger partial charge in [0.1, 0.15) is 11.4 Å². The van der Waals surface area contributed by atoms with Gasteiger partial charge in [-0.25, -0.2) is 0 Å². The number of aliphatic hydroxyl groups excluding tert-OH is 1. The van der Waals surface area contributed by atoms with Crippen molar-refractivity contribution in [1.82, 2.24) is 0 Å². The van der Waals surface area contributed by atoms with Crippen LogP contribution in [0.15, 0.2) is 65.7 Å². The topological polar surface area (TPSA) is 43.3 Å². The van der Waals surface area contributed by atoms with Crippen LogP contribution < -0.4 is 15.6 Å². The molecular weight excluding hydrogens is 331 g/mol. The molecule has 0 bridgehead atoms. The van der Waals surface area contributed by atoms with E-state index in [9.17, 15) is 18.3 Å². The van der Waals surface area contributed by atoms with Gasteiger partial charge in [0.15, 0.2) is 5.70 Å². The SMILES string of the molecule is CC1=Cc2ccccc2N2[NH2+]N(c3ccc(C(F)(F)F)cc3)C(O)=C12. The van der Waals surface area contributed by atoms with Gasteiger partial charge in [-0.05, 0) is 48.9 Å². The molecule has 2 aromatic carbocycles. The van der Waals surface area contributed by atoms with Crippen molar-refractivity contribution in [2.75, 3.05) is 10.0 Å². The number of nitrogens with two attached hydrogens (primary N) is 1. The third kappa shape index (κ3) is 2.44. The van der Waals surface area contributed by atoms with Gasteiger partial charge in [-0.1, -0.05) is 18.2 Å². The summed E-state index contributed by atoms with van der Waals surface area (Å²) >= 11 is 0. The summed E-state index contributed by atoms with van der Waals surface area (Å²) in [5, 5.41) is 14.0. The van der Waals surface area contributed by atoms with Gasteiger partial charge in [0.2, 0.25) is 0 Å². The van der Waals surface area contributed by atoms with Gasteiger partial charge in [-0.15, -0.1) is 10.5 Å². The molecule has 25 heavy (non-hydrogen) atoms. The molecule has 0 radical (unpaired) electrons. The van der Waals surface area contributed by atoms with Crippen LogP contribution in [0.3, 0.4) is 0 Å². The summed E-state index contributed by atoms with van der Waals surface area (Å²) in [7, 11) is 0. The quantitative estimate of drug-likeness (QED) is 0.776. The first-order valence-electron chi connectivity index (χ1n) is 7.68. The number of fused-ring (bicyclic) bond motifs is 3. The zero-order valence-electron chi connectivity index (χ0n) is 13.2. The van der Waals surface area contributed by atoms with Gasteiger partial charge < -0.3 is 5.11 Å². The van der Waals surface area contributed by atoms with Gasteiger partial charge >= 0.3 is 6.18 Å². The first-order valence-corrected chi connectivity index (χ1v) is 7.68. The van der Waals surface area contributed by atoms with Crippen LogP contribution in [0.5, 0.6) is 0 Å². The normalized spacial score (nSPS) is 16.7. The first kappa shape index (κ1) is 15.6. The molecule has 0 saturated heterocycles. The molecule has 0 aromatic heterocycles. The van der Waals surface area contributed by atoms with E-state index >= 15 is 0 Å². The van der Waals surface area contributed by atoms with Gasteiger partial charge in [0, 0.05) is 5.56 Å². The predicted molar refractivity (Wildman–Crippen MR) is 88.1 cm³/mol. The van der Waals surface area contributed by atoms with Crippen molar-refractivity contribution >= 4 is 17.5 Å². The number of rotatable bonds is 1. The fourth-order valence-electron chi connectivity index (χ4n) is 3.13. The molecule has 0 amide bonds. The van der Waals surface area contributed by atoms with Crippen molar-refractivity contribution in [3.8, 4) is 0 Å². The van der Waals surface area contributed by atoms with Crippen molar-refractivity contribution in [1.29, 1.82) is 0 Å². The number of quaternary nitrogens is 1. The highest BCUT2D eigenvalue weighted by Gasteiger charge is 2.39. The Morgan fingerprint density at radius 3 is 2.32 bits per heavy atom. The Morgan fingerprint density at radius 1 is 0.960 bits per heavy atom. The third-order valence-electron chi connectivity index (χ3n) is 4.33. The highest BCUT2D eigenvalue weighted by atomic mass is 19.4. The number of anilines is 2. The number of allylic oxidation sites excluding steroid dienone is 1. The molecule has 0 fully saturated rings. The Kier molecular flexibility index (Phi) is 3.30. The lowest BCUT2D eigenvalue weighted by Crippen LogP contribution is -2.99. The number of aliphatic hydroxyl groups is 1. The van der Waals surface area contributed by atoms with Crippen LogP contribution in [0, 0.1) is 0 Å². The van der Waals surface area contributed by atoms with E-state index in [-0.39, 0.29) is 5.88 Å². The molecule has 4 rings (SSSR count). The second kappa shape index (κ2) is 5.29. The van der Waals surface area contributed by atoms with Crippen LogP contribution in [0.25, 0.3) is 6.08 Å². The maximum atomic E-state index is 12.7.